The van der Waals surface area contributed by atoms with Crippen LogP contribution in [-0.4, -0.2) is 33.0 Å². The van der Waals surface area contributed by atoms with Crippen molar-refractivity contribution in [2.24, 2.45) is 0 Å². The molecule has 0 spiro atoms. The van der Waals surface area contributed by atoms with Crippen LogP contribution in [0.25, 0.3) is 0 Å². The number of carboxylic acid groups (broad SMARTS) is 1. The first-order valence-electron chi connectivity index (χ1n) is 5.58. The third kappa shape index (κ3) is 5.26. The first-order valence-corrected chi connectivity index (χ1v) is 7.45. The highest BCUT2D eigenvalue weighted by Gasteiger charge is 2.21. The summed E-state index contributed by atoms with van der Waals surface area (Å²) in [7, 11) is -1.56. The number of aliphatic carboxylic acids is 1. The van der Waals surface area contributed by atoms with E-state index in [1.165, 1.54) is 19.1 Å². The lowest BCUT2D eigenvalue weighted by Crippen LogP contribution is -2.43. The molecule has 8 heteroatoms. The second-order valence-electron chi connectivity index (χ2n) is 4.09. The van der Waals surface area contributed by atoms with E-state index in [4.69, 9.17) is 16.7 Å². The van der Waals surface area contributed by atoms with Crippen LogP contribution in [0.4, 0.5) is 4.39 Å². The third-order valence-electron chi connectivity index (χ3n) is 2.34. The maximum atomic E-state index is 13.2. The number of hydrogen-bond acceptors (Lipinski definition) is 3. The molecule has 0 saturated heterocycles. The standard InChI is InChI=1S/C12H13ClFNO4S/c1-7(16)15-11(12(17)18)6-20(19)5-8-2-3-9(13)10(14)4-8/h2-4,11H,5-6H2,1H3,(H,15,16)(H,17,18)/t11-,20?/m0/s1. The zero-order chi connectivity index (χ0) is 15.3. The average molecular weight is 322 g/mol. The monoisotopic (exact) mass is 321 g/mol. The number of carbonyl (C=O) groups is 2. The normalized spacial score (nSPS) is 13.6. The van der Waals surface area contributed by atoms with Crippen LogP contribution in [0.1, 0.15) is 12.5 Å². The quantitative estimate of drug-likeness (QED) is 0.827. The molecule has 0 bridgehead atoms. The molecule has 0 radical (unpaired) electrons. The summed E-state index contributed by atoms with van der Waals surface area (Å²) in [6.45, 7) is 1.17. The van der Waals surface area contributed by atoms with Gasteiger partial charge in [-0.25, -0.2) is 9.18 Å². The summed E-state index contributed by atoms with van der Waals surface area (Å²) in [5.41, 5.74) is 0.442. The lowest BCUT2D eigenvalue weighted by Gasteiger charge is -2.12. The minimum absolute atomic E-state index is 0.0164. The Labute approximate surface area is 122 Å². The van der Waals surface area contributed by atoms with Crippen molar-refractivity contribution in [2.75, 3.05) is 5.75 Å². The number of carbonyl (C=O) groups excluding carboxylic acids is 1. The minimum atomic E-state index is -1.56. The molecule has 0 aliphatic heterocycles. The molecule has 0 aliphatic carbocycles. The first kappa shape index (κ1) is 16.6. The second-order valence-corrected chi connectivity index (χ2v) is 6.00. The lowest BCUT2D eigenvalue weighted by molar-refractivity contribution is -0.140. The van der Waals surface area contributed by atoms with Gasteiger partial charge >= 0.3 is 5.97 Å². The highest BCUT2D eigenvalue weighted by atomic mass is 35.5. The van der Waals surface area contributed by atoms with Crippen LogP contribution in [-0.2, 0) is 26.1 Å². The summed E-state index contributed by atoms with van der Waals surface area (Å²) < 4.78 is 25.1. The zero-order valence-electron chi connectivity index (χ0n) is 10.6. The van der Waals surface area contributed by atoms with Gasteiger partial charge in [-0.1, -0.05) is 17.7 Å². The van der Waals surface area contributed by atoms with Crippen molar-refractivity contribution in [1.82, 2.24) is 5.32 Å². The fourth-order valence-electron chi connectivity index (χ4n) is 1.48. The van der Waals surface area contributed by atoms with E-state index < -0.39 is 34.5 Å². The van der Waals surface area contributed by atoms with E-state index in [2.05, 4.69) is 5.32 Å². The molecular formula is C12H13ClFNO4S. The summed E-state index contributed by atoms with van der Waals surface area (Å²) in [6.07, 6.45) is 0. The second kappa shape index (κ2) is 7.35. The Bertz CT molecular complexity index is 552. The number of rotatable bonds is 6. The van der Waals surface area contributed by atoms with E-state index in [1.807, 2.05) is 0 Å². The van der Waals surface area contributed by atoms with Gasteiger partial charge in [0.15, 0.2) is 0 Å². The third-order valence-corrected chi connectivity index (χ3v) is 4.01. The van der Waals surface area contributed by atoms with Crippen molar-refractivity contribution >= 4 is 34.3 Å². The van der Waals surface area contributed by atoms with Crippen LogP contribution in [0.5, 0.6) is 0 Å². The Morgan fingerprint density at radius 3 is 2.65 bits per heavy atom. The molecule has 5 nitrogen and oxygen atoms in total. The van der Waals surface area contributed by atoms with Gasteiger partial charge in [-0.05, 0) is 17.7 Å². The van der Waals surface area contributed by atoms with E-state index in [0.29, 0.717) is 5.56 Å². The van der Waals surface area contributed by atoms with Crippen molar-refractivity contribution in [2.45, 2.75) is 18.7 Å². The van der Waals surface area contributed by atoms with Crippen molar-refractivity contribution in [3.05, 3.63) is 34.6 Å². The number of carboxylic acids is 1. The van der Waals surface area contributed by atoms with Gasteiger partial charge < -0.3 is 10.4 Å². The number of benzene rings is 1. The molecule has 0 heterocycles. The smallest absolute Gasteiger partial charge is 0.327 e. The van der Waals surface area contributed by atoms with Gasteiger partial charge in [-0.3, -0.25) is 9.00 Å². The van der Waals surface area contributed by atoms with Gasteiger partial charge in [-0.15, -0.1) is 0 Å². The number of nitrogens with one attached hydrogen (secondary N) is 1. The zero-order valence-corrected chi connectivity index (χ0v) is 12.1. The van der Waals surface area contributed by atoms with Crippen LogP contribution >= 0.6 is 11.6 Å². The van der Waals surface area contributed by atoms with Gasteiger partial charge in [-0.2, -0.15) is 0 Å². The molecule has 110 valence electrons. The highest BCUT2D eigenvalue weighted by Crippen LogP contribution is 2.16. The van der Waals surface area contributed by atoms with Crippen molar-refractivity contribution < 1.29 is 23.3 Å². The van der Waals surface area contributed by atoms with Crippen molar-refractivity contribution in [3.63, 3.8) is 0 Å². The Morgan fingerprint density at radius 1 is 1.50 bits per heavy atom. The SMILES string of the molecule is CC(=O)N[C@@H](CS(=O)Cc1ccc(Cl)c(F)c1)C(=O)O. The molecule has 20 heavy (non-hydrogen) atoms. The van der Waals surface area contributed by atoms with Crippen molar-refractivity contribution in [3.8, 4) is 0 Å². The van der Waals surface area contributed by atoms with E-state index >= 15 is 0 Å². The fourth-order valence-corrected chi connectivity index (χ4v) is 2.86. The molecule has 1 amide bonds. The first-order chi connectivity index (χ1) is 9.29. The molecule has 1 aromatic rings. The molecule has 1 aromatic carbocycles. The van der Waals surface area contributed by atoms with Crippen LogP contribution in [0.15, 0.2) is 18.2 Å². The fraction of sp³-hybridized carbons (Fsp3) is 0.333. The highest BCUT2D eigenvalue weighted by molar-refractivity contribution is 7.84. The van der Waals surface area contributed by atoms with Gasteiger partial charge in [0.25, 0.3) is 0 Å². The van der Waals surface area contributed by atoms with Crippen LogP contribution in [0, 0.1) is 5.82 Å². The molecular weight excluding hydrogens is 309 g/mol. The Hall–Kier alpha value is -1.47. The van der Waals surface area contributed by atoms with Gasteiger partial charge in [0, 0.05) is 23.5 Å². The van der Waals surface area contributed by atoms with E-state index in [0.717, 1.165) is 6.07 Å². The summed E-state index contributed by atoms with van der Waals surface area (Å²) in [4.78, 5) is 21.7. The maximum absolute atomic E-state index is 13.2. The van der Waals surface area contributed by atoms with E-state index in [-0.39, 0.29) is 16.5 Å². The van der Waals surface area contributed by atoms with Gasteiger partial charge in [0.1, 0.15) is 11.9 Å². The van der Waals surface area contributed by atoms with Crippen LogP contribution < -0.4 is 5.32 Å². The van der Waals surface area contributed by atoms with E-state index in [9.17, 15) is 18.2 Å². The predicted molar refractivity (Wildman–Crippen MR) is 73.4 cm³/mol. The Morgan fingerprint density at radius 2 is 2.15 bits per heavy atom. The topological polar surface area (TPSA) is 83.5 Å². The average Bonchev–Trinajstić information content (AvgIpc) is 2.32. The number of amides is 1. The van der Waals surface area contributed by atoms with Gasteiger partial charge in [0.2, 0.25) is 5.91 Å². The number of halogens is 2. The molecule has 1 rings (SSSR count). The number of hydrogen-bond donors (Lipinski definition) is 2. The van der Waals surface area contributed by atoms with Crippen LogP contribution in [0.3, 0.4) is 0 Å². The molecule has 0 aromatic heterocycles. The maximum Gasteiger partial charge on any atom is 0.327 e. The van der Waals surface area contributed by atoms with E-state index in [1.54, 1.807) is 0 Å². The van der Waals surface area contributed by atoms with Gasteiger partial charge in [0.05, 0.1) is 10.8 Å². The molecule has 1 unspecified atom stereocenters. The molecule has 0 aliphatic rings. The summed E-state index contributed by atoms with van der Waals surface area (Å²) >= 11 is 5.52. The summed E-state index contributed by atoms with van der Waals surface area (Å²) in [5, 5.41) is 11.0. The van der Waals surface area contributed by atoms with Crippen LogP contribution in [0.2, 0.25) is 5.02 Å². The largest absolute Gasteiger partial charge is 0.480 e. The Kier molecular flexibility index (Phi) is 6.09. The minimum Gasteiger partial charge on any atom is -0.480 e. The van der Waals surface area contributed by atoms with Crippen molar-refractivity contribution in [1.29, 1.82) is 0 Å². The summed E-state index contributed by atoms with van der Waals surface area (Å²) in [5.74, 6) is -2.68. The molecule has 2 atom stereocenters. The summed E-state index contributed by atoms with van der Waals surface area (Å²) in [6, 6.07) is 2.77. The lowest BCUT2D eigenvalue weighted by atomic mass is 10.2. The molecule has 0 fully saturated rings. The Balaban J connectivity index is 2.67. The predicted octanol–water partition coefficient (Wildman–Crippen LogP) is 1.32. The molecule has 2 N–H and O–H groups in total. The molecule has 0 saturated carbocycles.